The average Bonchev–Trinajstić information content (AvgIpc) is 3.75. The molecule has 0 spiro atoms. The van der Waals surface area contributed by atoms with Gasteiger partial charge in [-0.25, -0.2) is 22.5 Å². The van der Waals surface area contributed by atoms with Gasteiger partial charge in [-0.1, -0.05) is 18.7 Å². The van der Waals surface area contributed by atoms with Gasteiger partial charge in [-0.3, -0.25) is 14.4 Å². The molecule has 1 N–H and O–H groups in total. The van der Waals surface area contributed by atoms with E-state index in [1.54, 1.807) is 14.5 Å². The molecule has 7 rings (SSSR count). The Kier molecular flexibility index (Phi) is 8.99. The van der Waals surface area contributed by atoms with Crippen LogP contribution in [0.5, 0.6) is 5.75 Å². The number of carbonyl (C=O) groups is 1. The molecule has 0 saturated carbocycles. The molecule has 0 aliphatic carbocycles. The highest BCUT2D eigenvalue weighted by Crippen LogP contribution is 2.47. The summed E-state index contributed by atoms with van der Waals surface area (Å²) >= 11 is 1.36. The number of pyridine rings is 1. The molecule has 2 aliphatic heterocycles. The standard InChI is InChI=1S/C36H33F4N5O3S/c1-3-31(47)44-9-10-45-28(20(44)2)17-27(42-45)35-33(32-26(38)15-24(37)16-29(32)48-12-11-46)36-25(7-13-49-36)34(41-35)22-5-4-21-6-8-43(19-30(39)40)18-23(21)14-22/h3-5,7,13-17,20,30,46H,1,6,8-12,18-19H2,2H3/t20-/m1/s1. The first kappa shape index (κ1) is 32.9. The molecule has 49 heavy (non-hydrogen) atoms. The van der Waals surface area contributed by atoms with Gasteiger partial charge < -0.3 is 14.7 Å². The topological polar surface area (TPSA) is 83.7 Å². The number of aliphatic hydroxyl groups is 1. The lowest BCUT2D eigenvalue weighted by molar-refractivity contribution is -0.129. The fraction of sp³-hybridized carbons (Fsp3) is 0.306. The van der Waals surface area contributed by atoms with Crippen LogP contribution >= 0.6 is 11.3 Å². The molecule has 13 heteroatoms. The monoisotopic (exact) mass is 691 g/mol. The van der Waals surface area contributed by atoms with Crippen LogP contribution in [-0.4, -0.2) is 74.9 Å². The van der Waals surface area contributed by atoms with Gasteiger partial charge in [0.2, 0.25) is 5.91 Å². The Labute approximate surface area is 283 Å². The van der Waals surface area contributed by atoms with Crippen LogP contribution in [0.15, 0.2) is 60.5 Å². The summed E-state index contributed by atoms with van der Waals surface area (Å²) in [7, 11) is 0. The number of alkyl halides is 2. The van der Waals surface area contributed by atoms with Crippen molar-refractivity contribution in [3.05, 3.63) is 89.0 Å². The summed E-state index contributed by atoms with van der Waals surface area (Å²) in [6.07, 6.45) is -0.509. The largest absolute Gasteiger partial charge is 0.490 e. The molecule has 1 atom stereocenters. The van der Waals surface area contributed by atoms with Crippen LogP contribution in [0.2, 0.25) is 0 Å². The number of aromatic nitrogens is 3. The minimum absolute atomic E-state index is 0.0214. The quantitative estimate of drug-likeness (QED) is 0.135. The van der Waals surface area contributed by atoms with E-state index in [1.165, 1.54) is 17.4 Å². The van der Waals surface area contributed by atoms with Gasteiger partial charge in [-0.15, -0.1) is 11.3 Å². The number of fused-ring (bicyclic) bond motifs is 3. The molecular formula is C36H33F4N5O3S. The number of rotatable bonds is 9. The van der Waals surface area contributed by atoms with Gasteiger partial charge in [0.1, 0.15) is 35.4 Å². The highest BCUT2D eigenvalue weighted by molar-refractivity contribution is 7.18. The lowest BCUT2D eigenvalue weighted by atomic mass is 9.93. The Morgan fingerprint density at radius 2 is 1.94 bits per heavy atom. The second kappa shape index (κ2) is 13.4. The molecule has 1 amide bonds. The minimum atomic E-state index is -2.43. The van der Waals surface area contributed by atoms with Crippen molar-refractivity contribution in [2.75, 3.05) is 32.8 Å². The average molecular weight is 692 g/mol. The number of halogens is 4. The number of ether oxygens (including phenoxy) is 1. The molecule has 0 unspecified atom stereocenters. The van der Waals surface area contributed by atoms with E-state index in [0.29, 0.717) is 65.3 Å². The molecule has 5 heterocycles. The molecule has 0 bridgehead atoms. The second-order valence-corrected chi connectivity index (χ2v) is 13.0. The maximum Gasteiger partial charge on any atom is 0.251 e. The number of hydrogen-bond acceptors (Lipinski definition) is 7. The van der Waals surface area contributed by atoms with Crippen molar-refractivity contribution < 1.29 is 32.2 Å². The first-order valence-corrected chi connectivity index (χ1v) is 16.8. The number of benzene rings is 2. The maximum atomic E-state index is 16.0. The molecule has 3 aromatic heterocycles. The molecule has 0 saturated heterocycles. The lowest BCUT2D eigenvalue weighted by Crippen LogP contribution is -2.40. The van der Waals surface area contributed by atoms with Gasteiger partial charge in [0.05, 0.1) is 42.7 Å². The Hall–Kier alpha value is -4.59. The molecule has 5 aromatic rings. The zero-order chi connectivity index (χ0) is 34.4. The van der Waals surface area contributed by atoms with Crippen LogP contribution < -0.4 is 4.74 Å². The van der Waals surface area contributed by atoms with Crippen LogP contribution in [0.25, 0.3) is 43.9 Å². The van der Waals surface area contributed by atoms with Crippen molar-refractivity contribution >= 4 is 27.3 Å². The van der Waals surface area contributed by atoms with Crippen molar-refractivity contribution in [3.8, 4) is 39.5 Å². The van der Waals surface area contributed by atoms with Crippen molar-refractivity contribution in [2.45, 2.75) is 38.9 Å². The summed E-state index contributed by atoms with van der Waals surface area (Å²) < 4.78 is 65.2. The number of amides is 1. The van der Waals surface area contributed by atoms with Crippen molar-refractivity contribution in [1.29, 1.82) is 0 Å². The van der Waals surface area contributed by atoms with E-state index >= 15 is 4.39 Å². The summed E-state index contributed by atoms with van der Waals surface area (Å²) in [6.45, 7) is 6.41. The van der Waals surface area contributed by atoms with E-state index in [2.05, 4.69) is 6.58 Å². The minimum Gasteiger partial charge on any atom is -0.490 e. The van der Waals surface area contributed by atoms with Crippen LogP contribution in [0.1, 0.15) is 29.8 Å². The third-order valence-corrected chi connectivity index (χ3v) is 10.1. The Morgan fingerprint density at radius 3 is 2.71 bits per heavy atom. The van der Waals surface area contributed by atoms with E-state index in [9.17, 15) is 23.1 Å². The first-order valence-electron chi connectivity index (χ1n) is 15.9. The van der Waals surface area contributed by atoms with E-state index in [0.717, 1.165) is 34.5 Å². The number of aliphatic hydroxyl groups excluding tert-OH is 1. The summed E-state index contributed by atoms with van der Waals surface area (Å²) in [6, 6.07) is 11.2. The molecule has 0 fully saturated rings. The van der Waals surface area contributed by atoms with Gasteiger partial charge in [-0.2, -0.15) is 5.10 Å². The molecule has 0 radical (unpaired) electrons. The molecule has 254 valence electrons. The SMILES string of the molecule is C=CC(=O)N1CCn2nc(-c3nc(-c4ccc5c(c4)CN(CC(F)F)CC5)c4ccsc4c3-c3c(F)cc(F)cc3OCCO)cc2[C@H]1C. The summed E-state index contributed by atoms with van der Waals surface area (Å²) in [5.41, 5.74) is 5.17. The first-order chi connectivity index (χ1) is 23.7. The molecule has 2 aromatic carbocycles. The van der Waals surface area contributed by atoms with E-state index in [4.69, 9.17) is 14.8 Å². The highest BCUT2D eigenvalue weighted by Gasteiger charge is 2.31. The van der Waals surface area contributed by atoms with E-state index in [1.807, 2.05) is 42.6 Å². The summed E-state index contributed by atoms with van der Waals surface area (Å²) in [5.74, 6) is -2.01. The van der Waals surface area contributed by atoms with Crippen molar-refractivity contribution in [1.82, 2.24) is 24.6 Å². The Balaban J connectivity index is 1.45. The number of thiophene rings is 1. The third kappa shape index (κ3) is 6.11. The molecular weight excluding hydrogens is 658 g/mol. The van der Waals surface area contributed by atoms with Crippen LogP contribution in [0.4, 0.5) is 17.6 Å². The fourth-order valence-corrected chi connectivity index (χ4v) is 7.82. The van der Waals surface area contributed by atoms with Gasteiger partial charge in [-0.05, 0) is 54.1 Å². The zero-order valence-corrected chi connectivity index (χ0v) is 27.5. The van der Waals surface area contributed by atoms with Crippen molar-refractivity contribution in [2.24, 2.45) is 0 Å². The molecule has 8 nitrogen and oxygen atoms in total. The highest BCUT2D eigenvalue weighted by atomic mass is 32.1. The van der Waals surface area contributed by atoms with Gasteiger partial charge in [0.25, 0.3) is 6.43 Å². The predicted molar refractivity (Wildman–Crippen MR) is 180 cm³/mol. The Bertz CT molecular complexity index is 2080. The van der Waals surface area contributed by atoms with Crippen LogP contribution in [0, 0.1) is 11.6 Å². The zero-order valence-electron chi connectivity index (χ0n) is 26.6. The normalized spacial score (nSPS) is 16.2. The van der Waals surface area contributed by atoms with Gasteiger partial charge in [0.15, 0.2) is 0 Å². The van der Waals surface area contributed by atoms with Gasteiger partial charge in [0, 0.05) is 53.0 Å². The summed E-state index contributed by atoms with van der Waals surface area (Å²) in [4.78, 5) is 21.2. The number of hydrogen-bond donors (Lipinski definition) is 1. The molecule has 2 aliphatic rings. The smallest absolute Gasteiger partial charge is 0.251 e. The number of carbonyl (C=O) groups excluding carboxylic acids is 1. The Morgan fingerprint density at radius 1 is 1.10 bits per heavy atom. The fourth-order valence-electron chi connectivity index (χ4n) is 6.87. The lowest BCUT2D eigenvalue weighted by Gasteiger charge is -2.33. The van der Waals surface area contributed by atoms with Crippen LogP contribution in [-0.2, 0) is 24.3 Å². The van der Waals surface area contributed by atoms with Gasteiger partial charge >= 0.3 is 0 Å². The van der Waals surface area contributed by atoms with E-state index in [-0.39, 0.29) is 43.0 Å². The summed E-state index contributed by atoms with van der Waals surface area (Å²) in [5, 5.41) is 17.0. The maximum absolute atomic E-state index is 16.0. The van der Waals surface area contributed by atoms with E-state index < -0.39 is 18.1 Å². The number of nitrogens with zero attached hydrogens (tertiary/aromatic N) is 5. The third-order valence-electron chi connectivity index (χ3n) is 9.15. The van der Waals surface area contributed by atoms with Crippen LogP contribution in [0.3, 0.4) is 0 Å². The predicted octanol–water partition coefficient (Wildman–Crippen LogP) is 6.86. The van der Waals surface area contributed by atoms with Crippen molar-refractivity contribution in [3.63, 3.8) is 0 Å². The second-order valence-electron chi connectivity index (χ2n) is 12.1.